The first-order valence-electron chi connectivity index (χ1n) is 4.13. The number of carboxylic acids is 4. The third-order valence-corrected chi connectivity index (χ3v) is 2.84. The van der Waals surface area contributed by atoms with Crippen molar-refractivity contribution in [3.63, 3.8) is 0 Å². The van der Waals surface area contributed by atoms with Gasteiger partial charge in [0.2, 0.25) is 0 Å². The van der Waals surface area contributed by atoms with E-state index in [4.69, 9.17) is 20.4 Å². The summed E-state index contributed by atoms with van der Waals surface area (Å²) in [6.45, 7) is 0. The smallest absolute Gasteiger partial charge is 0.321 e. The van der Waals surface area contributed by atoms with Crippen molar-refractivity contribution < 1.29 is 39.6 Å². The Labute approximate surface area is 88.1 Å². The van der Waals surface area contributed by atoms with E-state index in [0.717, 1.165) is 0 Å². The molecule has 0 heterocycles. The molecule has 0 saturated heterocycles. The molecule has 0 amide bonds. The minimum Gasteiger partial charge on any atom is -0.480 e. The molecule has 8 heteroatoms. The average molecular weight is 232 g/mol. The van der Waals surface area contributed by atoms with Crippen molar-refractivity contribution in [1.82, 2.24) is 0 Å². The quantitative estimate of drug-likeness (QED) is 0.455. The maximum atomic E-state index is 10.7. The highest BCUT2D eigenvalue weighted by atomic mass is 16.4. The molecule has 0 aromatic heterocycles. The van der Waals surface area contributed by atoms with E-state index in [0.29, 0.717) is 0 Å². The van der Waals surface area contributed by atoms with Gasteiger partial charge in [0.15, 0.2) is 10.8 Å². The fourth-order valence-corrected chi connectivity index (χ4v) is 1.77. The number of hydrogen-bond acceptors (Lipinski definition) is 4. The molecule has 1 saturated carbocycles. The Balaban J connectivity index is 3.08. The normalized spacial score (nSPS) is 20.5. The number of rotatable bonds is 4. The number of hydrogen-bond donors (Lipinski definition) is 4. The summed E-state index contributed by atoms with van der Waals surface area (Å²) in [5.41, 5.74) is -4.62. The van der Waals surface area contributed by atoms with Crippen LogP contribution in [0.2, 0.25) is 0 Å². The largest absolute Gasteiger partial charge is 0.480 e. The van der Waals surface area contributed by atoms with Gasteiger partial charge in [-0.1, -0.05) is 0 Å². The van der Waals surface area contributed by atoms with Crippen LogP contribution in [0.5, 0.6) is 0 Å². The lowest BCUT2D eigenvalue weighted by atomic mass is 9.52. The second kappa shape index (κ2) is 3.19. The Bertz CT molecular complexity index is 321. The Morgan fingerprint density at radius 1 is 0.625 bits per heavy atom. The third kappa shape index (κ3) is 1.23. The summed E-state index contributed by atoms with van der Waals surface area (Å²) in [5.74, 6) is -6.90. The van der Waals surface area contributed by atoms with Crippen molar-refractivity contribution in [2.24, 2.45) is 10.8 Å². The van der Waals surface area contributed by atoms with Crippen LogP contribution in [0.1, 0.15) is 12.8 Å². The van der Waals surface area contributed by atoms with E-state index in [1.54, 1.807) is 0 Å². The van der Waals surface area contributed by atoms with Crippen LogP contribution in [0.15, 0.2) is 0 Å². The molecule has 8 nitrogen and oxygen atoms in total. The second-order valence-electron chi connectivity index (χ2n) is 3.74. The SMILES string of the molecule is O=C(O)C1(C(=O)O)CC(C(=O)O)(C(=O)O)C1. The zero-order chi connectivity index (χ0) is 12.7. The molecule has 4 N–H and O–H groups in total. The van der Waals surface area contributed by atoms with Crippen molar-refractivity contribution in [1.29, 1.82) is 0 Å². The Kier molecular flexibility index (Phi) is 2.38. The Hall–Kier alpha value is -2.12. The van der Waals surface area contributed by atoms with Crippen molar-refractivity contribution in [3.8, 4) is 0 Å². The van der Waals surface area contributed by atoms with Crippen LogP contribution in [0.4, 0.5) is 0 Å². The molecule has 1 aliphatic carbocycles. The van der Waals surface area contributed by atoms with E-state index < -0.39 is 47.5 Å². The van der Waals surface area contributed by atoms with Crippen LogP contribution >= 0.6 is 0 Å². The maximum Gasteiger partial charge on any atom is 0.321 e. The second-order valence-corrected chi connectivity index (χ2v) is 3.74. The van der Waals surface area contributed by atoms with E-state index >= 15 is 0 Å². The van der Waals surface area contributed by atoms with Crippen molar-refractivity contribution >= 4 is 23.9 Å². The van der Waals surface area contributed by atoms with Crippen LogP contribution in [-0.4, -0.2) is 44.3 Å². The monoisotopic (exact) mass is 232 g/mol. The summed E-state index contributed by atoms with van der Waals surface area (Å²) in [5, 5.41) is 34.7. The van der Waals surface area contributed by atoms with E-state index in [1.165, 1.54) is 0 Å². The first kappa shape index (κ1) is 12.0. The predicted octanol–water partition coefficient (Wildman–Crippen LogP) is -0.909. The molecule has 1 fully saturated rings. The molecule has 0 radical (unpaired) electrons. The summed E-state index contributed by atoms with van der Waals surface area (Å²) in [7, 11) is 0. The van der Waals surface area contributed by atoms with Gasteiger partial charge in [-0.15, -0.1) is 0 Å². The number of carbonyl (C=O) groups is 4. The molecule has 0 bridgehead atoms. The molecule has 0 unspecified atom stereocenters. The van der Waals surface area contributed by atoms with Crippen molar-refractivity contribution in [3.05, 3.63) is 0 Å². The fraction of sp³-hybridized carbons (Fsp3) is 0.500. The third-order valence-electron chi connectivity index (χ3n) is 2.84. The summed E-state index contributed by atoms with van der Waals surface area (Å²) in [6, 6.07) is 0. The van der Waals surface area contributed by atoms with Crippen molar-refractivity contribution in [2.75, 3.05) is 0 Å². The van der Waals surface area contributed by atoms with Gasteiger partial charge in [0, 0.05) is 12.8 Å². The van der Waals surface area contributed by atoms with Crippen LogP contribution in [0, 0.1) is 10.8 Å². The Morgan fingerprint density at radius 3 is 0.938 bits per heavy atom. The molecule has 1 rings (SSSR count). The van der Waals surface area contributed by atoms with Gasteiger partial charge in [-0.25, -0.2) is 0 Å². The van der Waals surface area contributed by atoms with Gasteiger partial charge >= 0.3 is 23.9 Å². The number of aliphatic carboxylic acids is 4. The van der Waals surface area contributed by atoms with Gasteiger partial charge in [0.25, 0.3) is 0 Å². The van der Waals surface area contributed by atoms with Gasteiger partial charge < -0.3 is 20.4 Å². The molecule has 0 aromatic carbocycles. The zero-order valence-electron chi connectivity index (χ0n) is 7.84. The molecule has 0 atom stereocenters. The number of carboxylic acid groups (broad SMARTS) is 4. The van der Waals surface area contributed by atoms with Gasteiger partial charge in [0.1, 0.15) is 0 Å². The molecule has 0 aromatic rings. The maximum absolute atomic E-state index is 10.7. The van der Waals surface area contributed by atoms with Crippen LogP contribution in [0.25, 0.3) is 0 Å². The van der Waals surface area contributed by atoms with Gasteiger partial charge in [-0.05, 0) is 0 Å². The standard InChI is InChI=1S/C8H8O8/c9-3(10)7(4(11)12)1-8(2-7,5(13)14)6(15)16/h1-2H2,(H,9,10)(H,11,12)(H,13,14)(H,15,16). The molecular formula is C8H8O8. The molecule has 16 heavy (non-hydrogen) atoms. The molecule has 0 aliphatic heterocycles. The predicted molar refractivity (Wildman–Crippen MR) is 44.6 cm³/mol. The van der Waals surface area contributed by atoms with Crippen LogP contribution < -0.4 is 0 Å². The van der Waals surface area contributed by atoms with E-state index in [-0.39, 0.29) is 0 Å². The van der Waals surface area contributed by atoms with Gasteiger partial charge in [-0.2, -0.15) is 0 Å². The molecule has 1 aliphatic rings. The Morgan fingerprint density at radius 2 is 0.812 bits per heavy atom. The van der Waals surface area contributed by atoms with E-state index in [9.17, 15) is 19.2 Å². The highest BCUT2D eigenvalue weighted by Gasteiger charge is 2.71. The molecular weight excluding hydrogens is 224 g/mol. The van der Waals surface area contributed by atoms with Gasteiger partial charge in [-0.3, -0.25) is 19.2 Å². The first-order valence-corrected chi connectivity index (χ1v) is 4.13. The minimum absolute atomic E-state index is 0.949. The van der Waals surface area contributed by atoms with E-state index in [2.05, 4.69) is 0 Å². The van der Waals surface area contributed by atoms with Crippen LogP contribution in [-0.2, 0) is 19.2 Å². The van der Waals surface area contributed by atoms with Gasteiger partial charge in [0.05, 0.1) is 0 Å². The lowest BCUT2D eigenvalue weighted by molar-refractivity contribution is -0.197. The zero-order valence-corrected chi connectivity index (χ0v) is 7.84. The lowest BCUT2D eigenvalue weighted by Gasteiger charge is -2.45. The summed E-state index contributed by atoms with van der Waals surface area (Å²) in [4.78, 5) is 42.8. The first-order chi connectivity index (χ1) is 7.19. The summed E-state index contributed by atoms with van der Waals surface area (Å²) >= 11 is 0. The molecule has 88 valence electrons. The van der Waals surface area contributed by atoms with Crippen LogP contribution in [0.3, 0.4) is 0 Å². The lowest BCUT2D eigenvalue weighted by Crippen LogP contribution is -2.62. The van der Waals surface area contributed by atoms with Crippen molar-refractivity contribution in [2.45, 2.75) is 12.8 Å². The summed E-state index contributed by atoms with van der Waals surface area (Å²) < 4.78 is 0. The minimum atomic E-state index is -2.31. The molecule has 0 spiro atoms. The highest BCUT2D eigenvalue weighted by molar-refractivity contribution is 6.08. The summed E-state index contributed by atoms with van der Waals surface area (Å²) in [6.07, 6.45) is -1.90. The topological polar surface area (TPSA) is 149 Å². The fourth-order valence-electron chi connectivity index (χ4n) is 1.77. The average Bonchev–Trinajstić information content (AvgIpc) is 1.98. The highest BCUT2D eigenvalue weighted by Crippen LogP contribution is 2.55. The van der Waals surface area contributed by atoms with E-state index in [1.807, 2.05) is 0 Å².